The van der Waals surface area contributed by atoms with E-state index in [1.54, 1.807) is 6.07 Å². The van der Waals surface area contributed by atoms with Gasteiger partial charge in [0.25, 0.3) is 0 Å². The molecular weight excluding hydrogens is 397 g/mol. The van der Waals surface area contributed by atoms with Crippen molar-refractivity contribution in [2.75, 3.05) is 10.2 Å². The zero-order chi connectivity index (χ0) is 20.4. The Hall–Kier alpha value is -3.13. The Morgan fingerprint density at radius 3 is 2.86 bits per heavy atom. The molecule has 2 aromatic heterocycles. The highest BCUT2D eigenvalue weighted by atomic mass is 35.5. The van der Waals surface area contributed by atoms with Gasteiger partial charge in [-0.3, -0.25) is 14.8 Å². The lowest BCUT2D eigenvalue weighted by Gasteiger charge is -2.23. The van der Waals surface area contributed by atoms with E-state index in [9.17, 15) is 14.0 Å². The van der Waals surface area contributed by atoms with E-state index >= 15 is 0 Å². The number of pyridine rings is 1. The van der Waals surface area contributed by atoms with Crippen LogP contribution in [-0.4, -0.2) is 21.2 Å². The molecule has 1 aliphatic carbocycles. The Balaban J connectivity index is 1.64. The summed E-state index contributed by atoms with van der Waals surface area (Å²) in [6.07, 6.45) is 5.50. The molecule has 4 rings (SSSR count). The maximum Gasteiger partial charge on any atom is 0.326 e. The van der Waals surface area contributed by atoms with Crippen LogP contribution in [-0.2, 0) is 19.4 Å². The fourth-order valence-electron chi connectivity index (χ4n) is 3.48. The molecule has 1 aliphatic rings. The summed E-state index contributed by atoms with van der Waals surface area (Å²) in [7, 11) is 0. The first kappa shape index (κ1) is 19.2. The number of carbonyl (C=O) groups excluding carboxylic acids is 1. The molecule has 0 aliphatic heterocycles. The standard InChI is InChI=1S/C20H19ClFN5O2/c21-15-9-12(5-6-16(15)22)24-20(29)27(13-7-8-23-19(28)10-13)11-18-14-3-1-2-4-17(14)25-26-18/h5-10H,1-4,11H2,(H,23,28)(H,24,29)(H,25,26). The van der Waals surface area contributed by atoms with E-state index in [4.69, 9.17) is 11.6 Å². The molecule has 150 valence electrons. The van der Waals surface area contributed by atoms with Gasteiger partial charge in [0.15, 0.2) is 0 Å². The number of amides is 2. The van der Waals surface area contributed by atoms with Crippen LogP contribution in [0.1, 0.15) is 29.8 Å². The number of aromatic amines is 2. The number of hydrogen-bond donors (Lipinski definition) is 3. The van der Waals surface area contributed by atoms with Crippen molar-refractivity contribution in [1.82, 2.24) is 15.2 Å². The maximum absolute atomic E-state index is 13.4. The van der Waals surface area contributed by atoms with E-state index in [1.807, 2.05) is 0 Å². The van der Waals surface area contributed by atoms with Gasteiger partial charge in [0.05, 0.1) is 22.9 Å². The van der Waals surface area contributed by atoms with E-state index in [0.29, 0.717) is 11.4 Å². The highest BCUT2D eigenvalue weighted by molar-refractivity contribution is 6.31. The number of benzene rings is 1. The third-order valence-corrected chi connectivity index (χ3v) is 5.23. The van der Waals surface area contributed by atoms with Crippen molar-refractivity contribution in [2.24, 2.45) is 0 Å². The van der Waals surface area contributed by atoms with Crippen molar-refractivity contribution in [3.63, 3.8) is 0 Å². The van der Waals surface area contributed by atoms with Gasteiger partial charge in [-0.1, -0.05) is 11.6 Å². The average molecular weight is 416 g/mol. The molecule has 3 N–H and O–H groups in total. The van der Waals surface area contributed by atoms with Gasteiger partial charge < -0.3 is 10.3 Å². The van der Waals surface area contributed by atoms with Crippen LogP contribution >= 0.6 is 11.6 Å². The summed E-state index contributed by atoms with van der Waals surface area (Å²) in [5.41, 5.74) is 3.44. The third-order valence-electron chi connectivity index (χ3n) is 4.94. The number of anilines is 2. The minimum Gasteiger partial charge on any atom is -0.329 e. The second-order valence-electron chi connectivity index (χ2n) is 6.89. The molecule has 1 aromatic carbocycles. The molecule has 9 heteroatoms. The molecule has 0 spiro atoms. The topological polar surface area (TPSA) is 93.9 Å². The number of carbonyl (C=O) groups is 1. The summed E-state index contributed by atoms with van der Waals surface area (Å²) >= 11 is 5.81. The van der Waals surface area contributed by atoms with Gasteiger partial charge in [-0.15, -0.1) is 0 Å². The maximum atomic E-state index is 13.4. The predicted molar refractivity (Wildman–Crippen MR) is 109 cm³/mol. The molecule has 0 radical (unpaired) electrons. The zero-order valence-corrected chi connectivity index (χ0v) is 16.2. The lowest BCUT2D eigenvalue weighted by molar-refractivity contribution is 0.256. The predicted octanol–water partition coefficient (Wildman–Crippen LogP) is 4.01. The van der Waals surface area contributed by atoms with Crippen molar-refractivity contribution < 1.29 is 9.18 Å². The van der Waals surface area contributed by atoms with Crippen LogP contribution in [0.15, 0.2) is 41.3 Å². The molecule has 3 aromatic rings. The number of aromatic nitrogens is 3. The van der Waals surface area contributed by atoms with Gasteiger partial charge in [0.2, 0.25) is 5.56 Å². The smallest absolute Gasteiger partial charge is 0.326 e. The number of fused-ring (bicyclic) bond motifs is 1. The number of halogens is 2. The minimum atomic E-state index is -0.570. The van der Waals surface area contributed by atoms with Gasteiger partial charge in [-0.2, -0.15) is 5.10 Å². The number of urea groups is 1. The van der Waals surface area contributed by atoms with Gasteiger partial charge in [0.1, 0.15) is 5.82 Å². The van der Waals surface area contributed by atoms with Crippen LogP contribution < -0.4 is 15.8 Å². The highest BCUT2D eigenvalue weighted by Crippen LogP contribution is 2.26. The Labute approximate surface area is 170 Å². The van der Waals surface area contributed by atoms with Crippen LogP contribution in [0.3, 0.4) is 0 Å². The van der Waals surface area contributed by atoms with Gasteiger partial charge in [0, 0.05) is 23.6 Å². The molecule has 2 amide bonds. The molecule has 0 unspecified atom stereocenters. The SMILES string of the molecule is O=C(Nc1ccc(F)c(Cl)c1)N(Cc1n[nH]c2c1CCCC2)c1cc[nH]c(=O)c1. The minimum absolute atomic E-state index is 0.0909. The number of nitrogens with one attached hydrogen (secondary N) is 3. The van der Waals surface area contributed by atoms with E-state index in [-0.39, 0.29) is 17.1 Å². The molecule has 0 bridgehead atoms. The Bertz CT molecular complexity index is 1110. The van der Waals surface area contributed by atoms with Crippen molar-refractivity contribution in [3.8, 4) is 0 Å². The summed E-state index contributed by atoms with van der Waals surface area (Å²) in [6.45, 7) is 0.191. The quantitative estimate of drug-likeness (QED) is 0.601. The average Bonchev–Trinajstić information content (AvgIpc) is 3.12. The first-order chi connectivity index (χ1) is 14.0. The first-order valence-corrected chi connectivity index (χ1v) is 9.66. The molecule has 0 fully saturated rings. The normalized spacial score (nSPS) is 13.0. The summed E-state index contributed by atoms with van der Waals surface area (Å²) in [6, 6.07) is 6.44. The molecule has 7 nitrogen and oxygen atoms in total. The number of aryl methyl sites for hydroxylation is 1. The van der Waals surface area contributed by atoms with Crippen LogP contribution in [0, 0.1) is 5.82 Å². The lowest BCUT2D eigenvalue weighted by atomic mass is 9.96. The first-order valence-electron chi connectivity index (χ1n) is 9.28. The number of hydrogen-bond acceptors (Lipinski definition) is 3. The molecule has 0 saturated carbocycles. The molecular formula is C20H19ClFN5O2. The van der Waals surface area contributed by atoms with E-state index in [2.05, 4.69) is 20.5 Å². The molecule has 0 saturated heterocycles. The summed E-state index contributed by atoms with van der Waals surface area (Å²) in [5, 5.41) is 10.1. The van der Waals surface area contributed by atoms with Crippen molar-refractivity contribution in [1.29, 1.82) is 0 Å². The summed E-state index contributed by atoms with van der Waals surface area (Å²) < 4.78 is 13.4. The number of H-pyrrole nitrogens is 2. The van der Waals surface area contributed by atoms with Crippen LogP contribution in [0.5, 0.6) is 0 Å². The fourth-order valence-corrected chi connectivity index (χ4v) is 3.66. The van der Waals surface area contributed by atoms with E-state index in [0.717, 1.165) is 42.6 Å². The Morgan fingerprint density at radius 1 is 1.24 bits per heavy atom. The summed E-state index contributed by atoms with van der Waals surface area (Å²) in [5.74, 6) is -0.570. The van der Waals surface area contributed by atoms with Gasteiger partial charge in [-0.25, -0.2) is 9.18 Å². The van der Waals surface area contributed by atoms with Gasteiger partial charge in [-0.05, 0) is 55.5 Å². The second kappa shape index (κ2) is 8.08. The van der Waals surface area contributed by atoms with E-state index < -0.39 is 11.8 Å². The number of rotatable bonds is 4. The summed E-state index contributed by atoms with van der Waals surface area (Å²) in [4.78, 5) is 28.8. The van der Waals surface area contributed by atoms with Crippen molar-refractivity contribution in [3.05, 3.63) is 74.7 Å². The Kier molecular flexibility index (Phi) is 5.35. The molecule has 2 heterocycles. The van der Waals surface area contributed by atoms with Crippen LogP contribution in [0.25, 0.3) is 0 Å². The highest BCUT2D eigenvalue weighted by Gasteiger charge is 2.23. The lowest BCUT2D eigenvalue weighted by Crippen LogP contribution is -2.35. The fraction of sp³-hybridized carbons (Fsp3) is 0.250. The monoisotopic (exact) mass is 415 g/mol. The molecule has 29 heavy (non-hydrogen) atoms. The van der Waals surface area contributed by atoms with Crippen molar-refractivity contribution >= 4 is 29.0 Å². The largest absolute Gasteiger partial charge is 0.329 e. The second-order valence-corrected chi connectivity index (χ2v) is 7.30. The molecule has 0 atom stereocenters. The van der Waals surface area contributed by atoms with Crippen molar-refractivity contribution in [2.45, 2.75) is 32.2 Å². The van der Waals surface area contributed by atoms with Gasteiger partial charge >= 0.3 is 6.03 Å². The third kappa shape index (κ3) is 4.17. The zero-order valence-electron chi connectivity index (χ0n) is 15.5. The van der Waals surface area contributed by atoms with Crippen LogP contribution in [0.2, 0.25) is 5.02 Å². The van der Waals surface area contributed by atoms with E-state index in [1.165, 1.54) is 35.4 Å². The van der Waals surface area contributed by atoms with Crippen LogP contribution in [0.4, 0.5) is 20.6 Å². The number of nitrogens with zero attached hydrogens (tertiary/aromatic N) is 2. The Morgan fingerprint density at radius 2 is 2.07 bits per heavy atom.